The first-order chi connectivity index (χ1) is 6.74. The molecule has 0 spiro atoms. The van der Waals surface area contributed by atoms with Gasteiger partial charge >= 0.3 is 0 Å². The van der Waals surface area contributed by atoms with E-state index < -0.39 is 0 Å². The summed E-state index contributed by atoms with van der Waals surface area (Å²) in [6.45, 7) is 0.266. The molecular weight excluding hydrogens is 182 g/mol. The zero-order chi connectivity index (χ0) is 10.4. The maximum absolute atomic E-state index is 9.20. The SMILES string of the molecule is [N-]=[N+]=NCC=Cc1cnc(N)c(O)c1. The molecule has 0 saturated heterocycles. The van der Waals surface area contributed by atoms with E-state index in [2.05, 4.69) is 15.0 Å². The van der Waals surface area contributed by atoms with Crippen molar-refractivity contribution in [3.05, 3.63) is 34.3 Å². The zero-order valence-corrected chi connectivity index (χ0v) is 7.33. The molecule has 0 radical (unpaired) electrons. The van der Waals surface area contributed by atoms with Gasteiger partial charge in [0.25, 0.3) is 0 Å². The van der Waals surface area contributed by atoms with Crippen LogP contribution in [0.5, 0.6) is 5.75 Å². The summed E-state index contributed by atoms with van der Waals surface area (Å²) in [6.07, 6.45) is 4.86. The number of aromatic nitrogens is 1. The minimum Gasteiger partial charge on any atom is -0.504 e. The van der Waals surface area contributed by atoms with Crippen molar-refractivity contribution in [3.8, 4) is 5.75 Å². The van der Waals surface area contributed by atoms with E-state index in [-0.39, 0.29) is 18.1 Å². The number of pyridine rings is 1. The van der Waals surface area contributed by atoms with Crippen molar-refractivity contribution in [1.29, 1.82) is 0 Å². The van der Waals surface area contributed by atoms with Crippen LogP contribution in [0.3, 0.4) is 0 Å². The molecule has 0 amide bonds. The van der Waals surface area contributed by atoms with Crippen LogP contribution in [0.15, 0.2) is 23.5 Å². The van der Waals surface area contributed by atoms with Crippen LogP contribution >= 0.6 is 0 Å². The molecule has 3 N–H and O–H groups in total. The summed E-state index contributed by atoms with van der Waals surface area (Å²) in [7, 11) is 0. The third-order valence-electron chi connectivity index (χ3n) is 1.48. The molecule has 0 atom stereocenters. The Morgan fingerprint density at radius 2 is 2.50 bits per heavy atom. The summed E-state index contributed by atoms with van der Waals surface area (Å²) < 4.78 is 0. The van der Waals surface area contributed by atoms with Crippen LogP contribution in [0.1, 0.15) is 5.56 Å². The van der Waals surface area contributed by atoms with Crippen LogP contribution in [0, 0.1) is 0 Å². The highest BCUT2D eigenvalue weighted by Crippen LogP contribution is 2.17. The van der Waals surface area contributed by atoms with Crippen LogP contribution in [0.2, 0.25) is 0 Å². The molecule has 1 aromatic heterocycles. The average Bonchev–Trinajstić information content (AvgIpc) is 2.18. The second-order valence-corrected chi connectivity index (χ2v) is 2.49. The number of nitrogen functional groups attached to an aromatic ring is 1. The molecule has 0 saturated carbocycles. The monoisotopic (exact) mass is 191 g/mol. The third kappa shape index (κ3) is 2.69. The number of hydrogen-bond acceptors (Lipinski definition) is 4. The smallest absolute Gasteiger partial charge is 0.165 e. The predicted octanol–water partition coefficient (Wildman–Crippen LogP) is 1.69. The molecule has 0 unspecified atom stereocenters. The highest BCUT2D eigenvalue weighted by molar-refractivity contribution is 5.55. The Balaban J connectivity index is 2.72. The Morgan fingerprint density at radius 1 is 1.71 bits per heavy atom. The average molecular weight is 191 g/mol. The number of rotatable bonds is 3. The second-order valence-electron chi connectivity index (χ2n) is 2.49. The highest BCUT2D eigenvalue weighted by atomic mass is 16.3. The molecule has 1 rings (SSSR count). The van der Waals surface area contributed by atoms with E-state index in [0.29, 0.717) is 5.56 Å². The minimum absolute atomic E-state index is 0.0593. The number of azide groups is 1. The Labute approximate surface area is 80.3 Å². The van der Waals surface area contributed by atoms with Gasteiger partial charge in [-0.3, -0.25) is 0 Å². The minimum atomic E-state index is -0.0593. The number of anilines is 1. The predicted molar refractivity (Wildman–Crippen MR) is 53.4 cm³/mol. The van der Waals surface area contributed by atoms with Crippen molar-refractivity contribution in [3.63, 3.8) is 0 Å². The third-order valence-corrected chi connectivity index (χ3v) is 1.48. The number of aromatic hydroxyl groups is 1. The van der Waals surface area contributed by atoms with Gasteiger partial charge in [0.2, 0.25) is 0 Å². The van der Waals surface area contributed by atoms with E-state index in [0.717, 1.165) is 0 Å². The van der Waals surface area contributed by atoms with Gasteiger partial charge in [-0.2, -0.15) is 0 Å². The summed E-state index contributed by atoms with van der Waals surface area (Å²) in [5, 5.41) is 12.5. The van der Waals surface area contributed by atoms with Crippen molar-refractivity contribution in [2.24, 2.45) is 5.11 Å². The topological polar surface area (TPSA) is 108 Å². The number of hydrogen-bond donors (Lipinski definition) is 2. The van der Waals surface area contributed by atoms with Gasteiger partial charge in [0, 0.05) is 17.7 Å². The van der Waals surface area contributed by atoms with Crippen LogP contribution in [0.25, 0.3) is 16.5 Å². The molecule has 72 valence electrons. The first-order valence-corrected chi connectivity index (χ1v) is 3.86. The van der Waals surface area contributed by atoms with E-state index >= 15 is 0 Å². The lowest BCUT2D eigenvalue weighted by molar-refractivity contribution is 0.475. The summed E-state index contributed by atoms with van der Waals surface area (Å²) >= 11 is 0. The fourth-order valence-corrected chi connectivity index (χ4v) is 0.843. The van der Waals surface area contributed by atoms with E-state index in [1.807, 2.05) is 0 Å². The Kier molecular flexibility index (Phi) is 3.34. The molecule has 0 bridgehead atoms. The zero-order valence-electron chi connectivity index (χ0n) is 7.33. The number of nitrogens with two attached hydrogens (primary N) is 1. The Morgan fingerprint density at radius 3 is 3.14 bits per heavy atom. The van der Waals surface area contributed by atoms with E-state index in [1.165, 1.54) is 12.3 Å². The van der Waals surface area contributed by atoms with Gasteiger partial charge < -0.3 is 10.8 Å². The van der Waals surface area contributed by atoms with Crippen LogP contribution in [0.4, 0.5) is 5.82 Å². The summed E-state index contributed by atoms with van der Waals surface area (Å²) in [5.41, 5.74) is 14.0. The van der Waals surface area contributed by atoms with Gasteiger partial charge in [0.1, 0.15) is 0 Å². The van der Waals surface area contributed by atoms with E-state index in [9.17, 15) is 5.11 Å². The van der Waals surface area contributed by atoms with Gasteiger partial charge in [0.05, 0.1) is 0 Å². The normalized spacial score (nSPS) is 10.0. The quantitative estimate of drug-likeness (QED) is 0.431. The lowest BCUT2D eigenvalue weighted by atomic mass is 10.2. The van der Waals surface area contributed by atoms with Crippen molar-refractivity contribution in [2.45, 2.75) is 0 Å². The van der Waals surface area contributed by atoms with Crippen molar-refractivity contribution < 1.29 is 5.11 Å². The molecule has 0 fully saturated rings. The van der Waals surface area contributed by atoms with E-state index in [1.54, 1.807) is 12.2 Å². The molecule has 0 aliphatic rings. The Bertz CT molecular complexity index is 395. The van der Waals surface area contributed by atoms with Crippen molar-refractivity contribution in [2.75, 3.05) is 12.3 Å². The maximum Gasteiger partial charge on any atom is 0.165 e. The van der Waals surface area contributed by atoms with Crippen LogP contribution in [-0.4, -0.2) is 16.6 Å². The van der Waals surface area contributed by atoms with Crippen LogP contribution < -0.4 is 5.73 Å². The van der Waals surface area contributed by atoms with Gasteiger partial charge in [-0.1, -0.05) is 17.3 Å². The van der Waals surface area contributed by atoms with Gasteiger partial charge in [0.15, 0.2) is 11.6 Å². The van der Waals surface area contributed by atoms with Crippen molar-refractivity contribution in [1.82, 2.24) is 4.98 Å². The number of nitrogens with zero attached hydrogens (tertiary/aromatic N) is 4. The van der Waals surface area contributed by atoms with Crippen molar-refractivity contribution >= 4 is 11.9 Å². The Hall–Kier alpha value is -2.20. The molecule has 1 aromatic rings. The summed E-state index contributed by atoms with van der Waals surface area (Å²) in [4.78, 5) is 6.34. The highest BCUT2D eigenvalue weighted by Gasteiger charge is 1.96. The first-order valence-electron chi connectivity index (χ1n) is 3.86. The van der Waals surface area contributed by atoms with Gasteiger partial charge in [-0.25, -0.2) is 4.98 Å². The largest absolute Gasteiger partial charge is 0.504 e. The standard InChI is InChI=1S/C8H9N5O/c9-8-7(14)4-6(5-11-8)2-1-3-12-13-10/h1-2,4-5,14H,3H2,(H2,9,11). The molecule has 0 aliphatic carbocycles. The molecule has 0 aromatic carbocycles. The first kappa shape index (κ1) is 9.88. The molecule has 6 heteroatoms. The molecule has 6 nitrogen and oxygen atoms in total. The lowest BCUT2D eigenvalue weighted by Crippen LogP contribution is -1.90. The van der Waals surface area contributed by atoms with Crippen LogP contribution in [-0.2, 0) is 0 Å². The summed E-state index contributed by atoms with van der Waals surface area (Å²) in [5.74, 6) is 0.0353. The molecule has 14 heavy (non-hydrogen) atoms. The molecule has 0 aliphatic heterocycles. The van der Waals surface area contributed by atoms with E-state index in [4.69, 9.17) is 11.3 Å². The fraction of sp³-hybridized carbons (Fsp3) is 0.125. The molecular formula is C8H9N5O. The lowest BCUT2D eigenvalue weighted by Gasteiger charge is -1.97. The maximum atomic E-state index is 9.20. The van der Waals surface area contributed by atoms with Gasteiger partial charge in [-0.15, -0.1) is 0 Å². The molecule has 1 heterocycles. The second kappa shape index (κ2) is 4.74. The fourth-order valence-electron chi connectivity index (χ4n) is 0.843. The summed E-state index contributed by atoms with van der Waals surface area (Å²) in [6, 6.07) is 1.48. The van der Waals surface area contributed by atoms with Gasteiger partial charge in [-0.05, 0) is 17.2 Å².